The van der Waals surface area contributed by atoms with Gasteiger partial charge in [0.2, 0.25) is 6.29 Å². The van der Waals surface area contributed by atoms with Crippen LogP contribution in [0.2, 0.25) is 0 Å². The van der Waals surface area contributed by atoms with Crippen molar-refractivity contribution in [2.24, 2.45) is 5.11 Å². The zero-order chi connectivity index (χ0) is 44.3. The van der Waals surface area contributed by atoms with Crippen molar-refractivity contribution in [1.29, 1.82) is 0 Å². The Balaban J connectivity index is 1.36. The number of carbonyl (C=O) groups is 2. The number of methoxy groups -OCH3 is 2. The van der Waals surface area contributed by atoms with Gasteiger partial charge in [0.1, 0.15) is 24.1 Å². The van der Waals surface area contributed by atoms with Crippen LogP contribution in [0.3, 0.4) is 0 Å². The summed E-state index contributed by atoms with van der Waals surface area (Å²) in [7, 11) is 0.765. The van der Waals surface area contributed by atoms with E-state index in [0.717, 1.165) is 24.8 Å². The van der Waals surface area contributed by atoms with Crippen LogP contribution in [0.4, 0.5) is 5.69 Å². The Morgan fingerprint density at radius 1 is 0.918 bits per heavy atom. The predicted octanol–water partition coefficient (Wildman–Crippen LogP) is 2.11. The Kier molecular flexibility index (Phi) is 16.8. The van der Waals surface area contributed by atoms with Crippen molar-refractivity contribution in [2.45, 2.75) is 36.6 Å². The third-order valence-electron chi connectivity index (χ3n) is 9.71. The summed E-state index contributed by atoms with van der Waals surface area (Å²) in [6.07, 6.45) is -9.49. The molecule has 334 valence electrons. The maximum atomic E-state index is 13.9. The first-order chi connectivity index (χ1) is 29.2. The number of aliphatic hydroxyl groups excluding tert-OH is 3. The highest BCUT2D eigenvalue weighted by Gasteiger charge is 2.49. The molecule has 3 aromatic carbocycles. The van der Waals surface area contributed by atoms with Crippen molar-refractivity contribution < 1.29 is 74.9 Å². The minimum Gasteiger partial charge on any atom is -0.497 e. The molecular weight excluding hydrogens is 850 g/mol. The molecule has 5 rings (SSSR count). The number of hydrogen-bond donors (Lipinski definition) is 3. The smallest absolute Gasteiger partial charge is 0.497 e. The van der Waals surface area contributed by atoms with E-state index in [1.165, 1.54) is 25.1 Å². The zero-order valence-corrected chi connectivity index (χ0v) is 35.3. The third-order valence-corrected chi connectivity index (χ3v) is 10.8. The van der Waals surface area contributed by atoms with E-state index in [4.69, 9.17) is 53.9 Å². The molecular formula is C38H48ClN5O16S. The van der Waals surface area contributed by atoms with Crippen LogP contribution >= 0.6 is 11.6 Å². The van der Waals surface area contributed by atoms with Crippen molar-refractivity contribution in [1.82, 2.24) is 4.90 Å². The highest BCUT2D eigenvalue weighted by Crippen LogP contribution is 2.46. The number of azide groups is 1. The highest BCUT2D eigenvalue weighted by molar-refractivity contribution is 7.82. The van der Waals surface area contributed by atoms with Gasteiger partial charge in [0.25, 0.3) is 5.91 Å². The topological polar surface area (TPSA) is 267 Å². The maximum absolute atomic E-state index is 13.9. The van der Waals surface area contributed by atoms with E-state index in [0.29, 0.717) is 47.8 Å². The van der Waals surface area contributed by atoms with Crippen LogP contribution in [0, 0.1) is 0 Å². The van der Waals surface area contributed by atoms with E-state index in [1.807, 2.05) is 11.9 Å². The first-order valence-corrected chi connectivity index (χ1v) is 20.7. The number of benzene rings is 3. The Labute approximate surface area is 356 Å². The zero-order valence-electron chi connectivity index (χ0n) is 33.7. The second-order valence-electron chi connectivity index (χ2n) is 13.7. The van der Waals surface area contributed by atoms with Gasteiger partial charge in [-0.1, -0.05) is 5.11 Å². The monoisotopic (exact) mass is 897 g/mol. The SMILES string of the molecule is COC(=O)[C@H]1OC(Oc2ccc(C(=O)N(C)CCOCCOCCOCCN=[N+]=[N-])cc2OS(=O)(=O)Oc2cc3c(c4cc(OC)ccc24)[C@H](CCl)CN3C)[C@H](O)[C@@H](O)C1O. The Morgan fingerprint density at radius 3 is 2.28 bits per heavy atom. The summed E-state index contributed by atoms with van der Waals surface area (Å²) in [6.45, 7) is 2.38. The van der Waals surface area contributed by atoms with Crippen LogP contribution in [0.15, 0.2) is 47.6 Å². The van der Waals surface area contributed by atoms with Crippen molar-refractivity contribution in [3.63, 3.8) is 0 Å². The standard InChI is InChI=1S/C38H48ClN5O16S/c1-43(10-12-55-14-16-56-15-13-54-11-9-41-42-40)36(48)22-5-8-28(57-38-34(47)32(45)33(46)35(58-38)37(49)53-4)30(17-22)60-61(50,51)59-29-19-27-31(23(20-39)21-44(27)2)26-18-24(52-3)6-7-25(26)29/h5-8,17-19,23,32-35,38,45-47H,9-16,20-21H2,1-4H3/t23-,32+,33?,34-,35+,38?/m1/s1. The fraction of sp³-hybridized carbons (Fsp3) is 0.526. The average molecular weight is 898 g/mol. The lowest BCUT2D eigenvalue weighted by Gasteiger charge is -2.38. The lowest BCUT2D eigenvalue weighted by atomic mass is 9.95. The molecule has 0 saturated carbocycles. The molecule has 1 amide bonds. The van der Waals surface area contributed by atoms with E-state index in [2.05, 4.69) is 14.8 Å². The van der Waals surface area contributed by atoms with Gasteiger partial charge in [-0.15, -0.1) is 20.0 Å². The summed E-state index contributed by atoms with van der Waals surface area (Å²) in [5, 5.41) is 36.0. The summed E-state index contributed by atoms with van der Waals surface area (Å²) in [6, 6.07) is 10.1. The van der Waals surface area contributed by atoms with Gasteiger partial charge in [-0.3, -0.25) is 4.79 Å². The molecule has 2 aliphatic heterocycles. The molecule has 0 radical (unpaired) electrons. The number of ether oxygens (including phenoxy) is 7. The molecule has 3 N–H and O–H groups in total. The average Bonchev–Trinajstić information content (AvgIpc) is 3.58. The highest BCUT2D eigenvalue weighted by atomic mass is 35.5. The molecule has 2 heterocycles. The molecule has 3 aromatic rings. The lowest BCUT2D eigenvalue weighted by molar-refractivity contribution is -0.272. The number of anilines is 1. The van der Waals surface area contributed by atoms with Gasteiger partial charge >= 0.3 is 16.4 Å². The largest absolute Gasteiger partial charge is 0.501 e. The first kappa shape index (κ1) is 47.2. The molecule has 0 bridgehead atoms. The molecule has 0 aromatic heterocycles. The summed E-state index contributed by atoms with van der Waals surface area (Å²) in [5.74, 6) is -2.07. The first-order valence-electron chi connectivity index (χ1n) is 18.9. The number of hydrogen-bond acceptors (Lipinski definition) is 18. The molecule has 23 heteroatoms. The van der Waals surface area contributed by atoms with Crippen molar-refractivity contribution in [3.8, 4) is 23.0 Å². The van der Waals surface area contributed by atoms with Gasteiger partial charge in [0, 0.05) is 73.1 Å². The number of fused-ring (bicyclic) bond motifs is 3. The van der Waals surface area contributed by atoms with Gasteiger partial charge < -0.3 is 66.6 Å². The number of nitrogens with zero attached hydrogens (tertiary/aromatic N) is 5. The fourth-order valence-electron chi connectivity index (χ4n) is 6.60. The van der Waals surface area contributed by atoms with Gasteiger partial charge in [0.15, 0.2) is 23.4 Å². The minimum atomic E-state index is -5.07. The number of halogens is 1. The van der Waals surface area contributed by atoms with E-state index < -0.39 is 64.5 Å². The number of esters is 1. The number of amides is 1. The molecule has 6 atom stereocenters. The minimum absolute atomic E-state index is 0.0688. The third kappa shape index (κ3) is 11.7. The van der Waals surface area contributed by atoms with Crippen LogP contribution < -0.4 is 22.7 Å². The van der Waals surface area contributed by atoms with Gasteiger partial charge in [-0.05, 0) is 52.9 Å². The summed E-state index contributed by atoms with van der Waals surface area (Å²) in [4.78, 5) is 31.8. The van der Waals surface area contributed by atoms with Crippen LogP contribution in [0.25, 0.3) is 21.2 Å². The molecule has 0 spiro atoms. The van der Waals surface area contributed by atoms with Crippen LogP contribution in [0.1, 0.15) is 21.8 Å². The molecule has 1 fully saturated rings. The van der Waals surface area contributed by atoms with Crippen molar-refractivity contribution in [3.05, 3.63) is 64.0 Å². The molecule has 21 nitrogen and oxygen atoms in total. The molecule has 61 heavy (non-hydrogen) atoms. The molecule has 1 saturated heterocycles. The quantitative estimate of drug-likeness (QED) is 0.0326. The number of likely N-dealkylation sites (N-methyl/N-ethyl adjacent to an activating group) is 2. The van der Waals surface area contributed by atoms with Gasteiger partial charge in [-0.25, -0.2) is 4.79 Å². The van der Waals surface area contributed by atoms with Crippen LogP contribution in [-0.2, 0) is 38.9 Å². The Hall–Kier alpha value is -4.87. The van der Waals surface area contributed by atoms with E-state index in [9.17, 15) is 33.3 Å². The number of rotatable bonds is 22. The lowest BCUT2D eigenvalue weighted by Crippen LogP contribution is -2.61. The van der Waals surface area contributed by atoms with Crippen LogP contribution in [-0.4, -0.2) is 165 Å². The van der Waals surface area contributed by atoms with Crippen molar-refractivity contribution in [2.75, 3.05) is 98.4 Å². The van der Waals surface area contributed by atoms with Crippen molar-refractivity contribution >= 4 is 50.3 Å². The fourth-order valence-corrected chi connectivity index (χ4v) is 7.60. The maximum Gasteiger partial charge on any atom is 0.501 e. The number of alkyl halides is 1. The summed E-state index contributed by atoms with van der Waals surface area (Å²) >= 11 is 6.34. The molecule has 2 unspecified atom stereocenters. The number of carbonyl (C=O) groups excluding carboxylic acids is 2. The molecule has 2 aliphatic rings. The normalized spacial score (nSPS) is 21.0. The predicted molar refractivity (Wildman–Crippen MR) is 217 cm³/mol. The van der Waals surface area contributed by atoms with E-state index >= 15 is 0 Å². The molecule has 0 aliphatic carbocycles. The van der Waals surface area contributed by atoms with Crippen LogP contribution in [0.5, 0.6) is 23.0 Å². The number of aliphatic hydroxyl groups is 3. The van der Waals surface area contributed by atoms with Gasteiger partial charge in [-0.2, -0.15) is 0 Å². The Morgan fingerprint density at radius 2 is 1.61 bits per heavy atom. The van der Waals surface area contributed by atoms with Gasteiger partial charge in [0.05, 0.1) is 53.9 Å². The summed E-state index contributed by atoms with van der Waals surface area (Å²) in [5.41, 5.74) is 9.75. The summed E-state index contributed by atoms with van der Waals surface area (Å²) < 4.78 is 76.3. The Bertz CT molecular complexity index is 2160. The van der Waals surface area contributed by atoms with E-state index in [1.54, 1.807) is 24.3 Å². The van der Waals surface area contributed by atoms with E-state index in [-0.39, 0.29) is 56.7 Å². The second-order valence-corrected chi connectivity index (χ2v) is 15.2. The second kappa shape index (κ2) is 21.8.